The second-order valence-corrected chi connectivity index (χ2v) is 4.69. The molecule has 1 unspecified atom stereocenters. The fourth-order valence-electron chi connectivity index (χ4n) is 2.26. The molecule has 0 aromatic heterocycles. The number of halogens is 1. The molecule has 1 aliphatic rings. The van der Waals surface area contributed by atoms with Crippen LogP contribution in [0.5, 0.6) is 0 Å². The Hall–Kier alpha value is -0.360. The Labute approximate surface area is 122 Å². The molecule has 0 aliphatic carbocycles. The molecule has 1 atom stereocenters. The lowest BCUT2D eigenvalue weighted by Gasteiger charge is -2.20. The lowest BCUT2D eigenvalue weighted by molar-refractivity contribution is -0.130. The molecule has 6 heteroatoms. The highest BCUT2D eigenvalue weighted by molar-refractivity contribution is 5.85. The molecule has 1 fully saturated rings. The molecule has 1 aliphatic heterocycles. The van der Waals surface area contributed by atoms with Crippen molar-refractivity contribution in [1.82, 2.24) is 9.80 Å². The SMILES string of the molecule is CCN(CC)CCOC1CCN(C(=O)CCN)C1.Cl. The van der Waals surface area contributed by atoms with Crippen LogP contribution in [0.1, 0.15) is 26.7 Å². The van der Waals surface area contributed by atoms with E-state index in [4.69, 9.17) is 10.5 Å². The smallest absolute Gasteiger partial charge is 0.223 e. The normalized spacial score (nSPS) is 18.7. The van der Waals surface area contributed by atoms with E-state index in [1.165, 1.54) is 0 Å². The molecule has 0 aromatic rings. The van der Waals surface area contributed by atoms with Crippen LogP contribution in [-0.4, -0.2) is 67.7 Å². The number of likely N-dealkylation sites (N-methyl/N-ethyl adjacent to an activating group) is 1. The van der Waals surface area contributed by atoms with Crippen LogP contribution in [0.25, 0.3) is 0 Å². The number of nitrogens with two attached hydrogens (primary N) is 1. The number of hydrogen-bond acceptors (Lipinski definition) is 4. The fourth-order valence-corrected chi connectivity index (χ4v) is 2.26. The highest BCUT2D eigenvalue weighted by atomic mass is 35.5. The summed E-state index contributed by atoms with van der Waals surface area (Å²) in [6, 6.07) is 0. The molecule has 0 spiro atoms. The molecular formula is C13H28ClN3O2. The van der Waals surface area contributed by atoms with Gasteiger partial charge < -0.3 is 20.3 Å². The predicted octanol–water partition coefficient (Wildman–Crippen LogP) is 0.716. The van der Waals surface area contributed by atoms with Crippen molar-refractivity contribution in [3.05, 3.63) is 0 Å². The predicted molar refractivity (Wildman–Crippen MR) is 79.6 cm³/mol. The van der Waals surface area contributed by atoms with Crippen LogP contribution in [0.4, 0.5) is 0 Å². The summed E-state index contributed by atoms with van der Waals surface area (Å²) in [4.78, 5) is 15.9. The van der Waals surface area contributed by atoms with Crippen molar-refractivity contribution in [3.63, 3.8) is 0 Å². The number of carbonyl (C=O) groups excluding carboxylic acids is 1. The van der Waals surface area contributed by atoms with Crippen LogP contribution in [0, 0.1) is 0 Å². The Bertz CT molecular complexity index is 250. The number of ether oxygens (including phenoxy) is 1. The summed E-state index contributed by atoms with van der Waals surface area (Å²) in [5.74, 6) is 0.160. The topological polar surface area (TPSA) is 58.8 Å². The molecule has 114 valence electrons. The van der Waals surface area contributed by atoms with Crippen molar-refractivity contribution in [2.75, 3.05) is 45.9 Å². The van der Waals surface area contributed by atoms with Gasteiger partial charge in [0.25, 0.3) is 0 Å². The summed E-state index contributed by atoms with van der Waals surface area (Å²) in [5.41, 5.74) is 5.39. The first kappa shape index (κ1) is 18.6. The molecule has 0 bridgehead atoms. The molecule has 1 saturated heterocycles. The second kappa shape index (κ2) is 10.4. The van der Waals surface area contributed by atoms with Gasteiger partial charge >= 0.3 is 0 Å². The molecule has 0 saturated carbocycles. The van der Waals surface area contributed by atoms with Crippen molar-refractivity contribution < 1.29 is 9.53 Å². The zero-order valence-corrected chi connectivity index (χ0v) is 13.0. The molecule has 1 rings (SSSR count). The molecule has 1 heterocycles. The van der Waals surface area contributed by atoms with E-state index in [0.29, 0.717) is 13.0 Å². The maximum absolute atomic E-state index is 11.6. The monoisotopic (exact) mass is 293 g/mol. The second-order valence-electron chi connectivity index (χ2n) is 4.69. The minimum absolute atomic E-state index is 0. The van der Waals surface area contributed by atoms with Gasteiger partial charge in [0.05, 0.1) is 12.7 Å². The van der Waals surface area contributed by atoms with Crippen molar-refractivity contribution in [1.29, 1.82) is 0 Å². The van der Waals surface area contributed by atoms with Gasteiger partial charge in [-0.2, -0.15) is 0 Å². The van der Waals surface area contributed by atoms with Crippen LogP contribution in [0.15, 0.2) is 0 Å². The zero-order valence-electron chi connectivity index (χ0n) is 12.1. The third kappa shape index (κ3) is 6.56. The van der Waals surface area contributed by atoms with Gasteiger partial charge in [-0.15, -0.1) is 12.4 Å². The first-order valence-corrected chi connectivity index (χ1v) is 7.03. The van der Waals surface area contributed by atoms with Crippen molar-refractivity contribution in [2.45, 2.75) is 32.8 Å². The minimum atomic E-state index is 0. The van der Waals surface area contributed by atoms with E-state index in [2.05, 4.69) is 18.7 Å². The van der Waals surface area contributed by atoms with Crippen molar-refractivity contribution in [3.8, 4) is 0 Å². The molecular weight excluding hydrogens is 266 g/mol. The van der Waals surface area contributed by atoms with E-state index in [-0.39, 0.29) is 24.4 Å². The summed E-state index contributed by atoms with van der Waals surface area (Å²) in [5, 5.41) is 0. The van der Waals surface area contributed by atoms with Crippen molar-refractivity contribution in [2.24, 2.45) is 5.73 Å². The molecule has 5 nitrogen and oxygen atoms in total. The number of hydrogen-bond donors (Lipinski definition) is 1. The number of nitrogens with zero attached hydrogens (tertiary/aromatic N) is 2. The fraction of sp³-hybridized carbons (Fsp3) is 0.923. The van der Waals surface area contributed by atoms with E-state index in [9.17, 15) is 4.79 Å². The molecule has 19 heavy (non-hydrogen) atoms. The first-order valence-electron chi connectivity index (χ1n) is 7.03. The van der Waals surface area contributed by atoms with E-state index >= 15 is 0 Å². The highest BCUT2D eigenvalue weighted by Gasteiger charge is 2.26. The Morgan fingerprint density at radius 2 is 2.11 bits per heavy atom. The average Bonchev–Trinajstić information content (AvgIpc) is 2.84. The minimum Gasteiger partial charge on any atom is -0.375 e. The van der Waals surface area contributed by atoms with Crippen LogP contribution < -0.4 is 5.73 Å². The zero-order chi connectivity index (χ0) is 13.4. The van der Waals surface area contributed by atoms with E-state index < -0.39 is 0 Å². The summed E-state index contributed by atoms with van der Waals surface area (Å²) in [7, 11) is 0. The Balaban J connectivity index is 0.00000324. The van der Waals surface area contributed by atoms with Gasteiger partial charge in [-0.25, -0.2) is 0 Å². The van der Waals surface area contributed by atoms with Crippen LogP contribution in [0.2, 0.25) is 0 Å². The molecule has 1 amide bonds. The highest BCUT2D eigenvalue weighted by Crippen LogP contribution is 2.13. The standard InChI is InChI=1S/C13H27N3O2.ClH/c1-3-15(4-2)9-10-18-12-6-8-16(11-12)13(17)5-7-14;/h12H,3-11,14H2,1-2H3;1H. The Kier molecular flexibility index (Phi) is 10.2. The molecule has 0 radical (unpaired) electrons. The van der Waals surface area contributed by atoms with Gasteiger partial charge in [-0.05, 0) is 19.5 Å². The van der Waals surface area contributed by atoms with Crippen LogP contribution >= 0.6 is 12.4 Å². The number of likely N-dealkylation sites (tertiary alicyclic amines) is 1. The summed E-state index contributed by atoms with van der Waals surface area (Å²) < 4.78 is 5.83. The maximum Gasteiger partial charge on any atom is 0.223 e. The largest absolute Gasteiger partial charge is 0.375 e. The quantitative estimate of drug-likeness (QED) is 0.716. The number of amides is 1. The maximum atomic E-state index is 11.6. The first-order chi connectivity index (χ1) is 8.71. The summed E-state index contributed by atoms with van der Waals surface area (Å²) in [6.07, 6.45) is 1.61. The lowest BCUT2D eigenvalue weighted by atomic mass is 10.3. The van der Waals surface area contributed by atoms with E-state index in [1.807, 2.05) is 4.90 Å². The van der Waals surface area contributed by atoms with Gasteiger partial charge in [0, 0.05) is 32.6 Å². The van der Waals surface area contributed by atoms with Crippen LogP contribution in [-0.2, 0) is 9.53 Å². The third-order valence-electron chi connectivity index (χ3n) is 3.51. The summed E-state index contributed by atoms with van der Waals surface area (Å²) in [6.45, 7) is 10.1. The third-order valence-corrected chi connectivity index (χ3v) is 3.51. The number of carbonyl (C=O) groups is 1. The summed E-state index contributed by atoms with van der Waals surface area (Å²) >= 11 is 0. The molecule has 0 aromatic carbocycles. The number of rotatable bonds is 8. The average molecular weight is 294 g/mol. The van der Waals surface area contributed by atoms with Gasteiger partial charge in [0.2, 0.25) is 5.91 Å². The molecule has 2 N–H and O–H groups in total. The van der Waals surface area contributed by atoms with Gasteiger partial charge in [-0.1, -0.05) is 13.8 Å². The van der Waals surface area contributed by atoms with Crippen LogP contribution in [0.3, 0.4) is 0 Å². The Morgan fingerprint density at radius 1 is 1.42 bits per heavy atom. The van der Waals surface area contributed by atoms with Gasteiger partial charge in [-0.3, -0.25) is 4.79 Å². The van der Waals surface area contributed by atoms with E-state index in [1.54, 1.807) is 0 Å². The van der Waals surface area contributed by atoms with Gasteiger partial charge in [0.1, 0.15) is 0 Å². The lowest BCUT2D eigenvalue weighted by Crippen LogP contribution is -2.32. The van der Waals surface area contributed by atoms with Crippen molar-refractivity contribution >= 4 is 18.3 Å². The Morgan fingerprint density at radius 3 is 2.68 bits per heavy atom. The van der Waals surface area contributed by atoms with Gasteiger partial charge in [0.15, 0.2) is 0 Å². The van der Waals surface area contributed by atoms with E-state index in [0.717, 1.165) is 45.8 Å².